The summed E-state index contributed by atoms with van der Waals surface area (Å²) in [6.07, 6.45) is 0. The molecule has 1 amide bonds. The van der Waals surface area contributed by atoms with Gasteiger partial charge in [0.05, 0.1) is 18.2 Å². The van der Waals surface area contributed by atoms with Gasteiger partial charge in [0.1, 0.15) is 5.82 Å². The monoisotopic (exact) mass is 352 g/mol. The zero-order chi connectivity index (χ0) is 18.4. The van der Waals surface area contributed by atoms with Crippen LogP contribution in [0.25, 0.3) is 0 Å². The molecule has 1 N–H and O–H groups in total. The number of piperazine rings is 1. The molecule has 0 unspecified atom stereocenters. The number of carbonyl (C=O) groups is 1. The predicted molar refractivity (Wildman–Crippen MR) is 97.9 cm³/mol. The van der Waals surface area contributed by atoms with Gasteiger partial charge < -0.3 is 5.32 Å². The molecule has 6 heteroatoms. The van der Waals surface area contributed by atoms with E-state index in [0.717, 1.165) is 38.3 Å². The van der Waals surface area contributed by atoms with E-state index in [-0.39, 0.29) is 11.7 Å². The van der Waals surface area contributed by atoms with E-state index in [1.807, 2.05) is 18.2 Å². The number of hydrogen-bond donors (Lipinski definition) is 1. The molecule has 0 saturated carbocycles. The van der Waals surface area contributed by atoms with Gasteiger partial charge in [-0.3, -0.25) is 14.6 Å². The number of nitrogens with one attached hydrogen (secondary N) is 1. The summed E-state index contributed by atoms with van der Waals surface area (Å²) in [5, 5.41) is 11.8. The first-order valence-corrected chi connectivity index (χ1v) is 8.61. The van der Waals surface area contributed by atoms with Crippen LogP contribution in [0, 0.1) is 17.1 Å². The Hall–Kier alpha value is -2.75. The van der Waals surface area contributed by atoms with Crippen molar-refractivity contribution in [3.8, 4) is 6.07 Å². The molecule has 1 aliphatic rings. The van der Waals surface area contributed by atoms with Crippen LogP contribution in [0.1, 0.15) is 11.1 Å². The van der Waals surface area contributed by atoms with E-state index in [2.05, 4.69) is 21.2 Å². The fourth-order valence-electron chi connectivity index (χ4n) is 3.04. The first kappa shape index (κ1) is 18.1. The van der Waals surface area contributed by atoms with Crippen LogP contribution in [0.15, 0.2) is 48.5 Å². The minimum absolute atomic E-state index is 0.0909. The number of rotatable bonds is 5. The summed E-state index contributed by atoms with van der Waals surface area (Å²) in [5.41, 5.74) is 2.41. The number of hydrogen-bond acceptors (Lipinski definition) is 4. The lowest BCUT2D eigenvalue weighted by atomic mass is 10.1. The van der Waals surface area contributed by atoms with Crippen LogP contribution in [0.5, 0.6) is 0 Å². The van der Waals surface area contributed by atoms with Crippen molar-refractivity contribution in [3.05, 3.63) is 65.5 Å². The standard InChI is InChI=1S/C20H21FN4O/c21-18-4-6-19(7-5-18)23-20(26)15-25-10-8-24(9-11-25)14-17-3-1-2-16(12-17)13-22/h1-7,12H,8-11,14-15H2,(H,23,26). The molecule has 2 aromatic rings. The van der Waals surface area contributed by atoms with Crippen molar-refractivity contribution in [1.82, 2.24) is 9.80 Å². The van der Waals surface area contributed by atoms with Crippen molar-refractivity contribution in [2.75, 3.05) is 38.0 Å². The molecule has 1 aliphatic heterocycles. The Balaban J connectivity index is 1.44. The first-order chi connectivity index (χ1) is 12.6. The molecule has 0 aromatic heterocycles. The van der Waals surface area contributed by atoms with Crippen molar-refractivity contribution in [3.63, 3.8) is 0 Å². The van der Waals surface area contributed by atoms with E-state index < -0.39 is 0 Å². The average molecular weight is 352 g/mol. The van der Waals surface area contributed by atoms with Crippen molar-refractivity contribution in [2.45, 2.75) is 6.54 Å². The number of anilines is 1. The van der Waals surface area contributed by atoms with Gasteiger partial charge in [-0.2, -0.15) is 5.26 Å². The highest BCUT2D eigenvalue weighted by Crippen LogP contribution is 2.11. The summed E-state index contributed by atoms with van der Waals surface area (Å²) >= 11 is 0. The highest BCUT2D eigenvalue weighted by Gasteiger charge is 2.19. The van der Waals surface area contributed by atoms with Crippen LogP contribution < -0.4 is 5.32 Å². The van der Waals surface area contributed by atoms with Crippen molar-refractivity contribution in [1.29, 1.82) is 5.26 Å². The SMILES string of the molecule is N#Cc1cccc(CN2CCN(CC(=O)Nc3ccc(F)cc3)CC2)c1. The number of amides is 1. The van der Waals surface area contributed by atoms with Crippen molar-refractivity contribution in [2.24, 2.45) is 0 Å². The quantitative estimate of drug-likeness (QED) is 0.898. The third-order valence-corrected chi connectivity index (χ3v) is 4.42. The lowest BCUT2D eigenvalue weighted by molar-refractivity contribution is -0.117. The van der Waals surface area contributed by atoms with Gasteiger partial charge in [-0.05, 0) is 42.0 Å². The van der Waals surface area contributed by atoms with E-state index in [1.165, 1.54) is 12.1 Å². The molecule has 5 nitrogen and oxygen atoms in total. The Morgan fingerprint density at radius 3 is 2.46 bits per heavy atom. The van der Waals surface area contributed by atoms with Crippen molar-refractivity contribution >= 4 is 11.6 Å². The van der Waals surface area contributed by atoms with Gasteiger partial charge in [0.2, 0.25) is 5.91 Å². The topological polar surface area (TPSA) is 59.4 Å². The molecule has 0 radical (unpaired) electrons. The third kappa shape index (κ3) is 5.12. The molecule has 0 bridgehead atoms. The van der Waals surface area contributed by atoms with E-state index >= 15 is 0 Å². The average Bonchev–Trinajstić information content (AvgIpc) is 2.65. The predicted octanol–water partition coefficient (Wildman–Crippen LogP) is 2.45. The van der Waals surface area contributed by atoms with E-state index in [4.69, 9.17) is 5.26 Å². The smallest absolute Gasteiger partial charge is 0.238 e. The number of carbonyl (C=O) groups excluding carboxylic acids is 1. The maximum absolute atomic E-state index is 12.9. The van der Waals surface area contributed by atoms with Crippen LogP contribution in [0.4, 0.5) is 10.1 Å². The van der Waals surface area contributed by atoms with Gasteiger partial charge in [-0.15, -0.1) is 0 Å². The second-order valence-corrected chi connectivity index (χ2v) is 6.42. The summed E-state index contributed by atoms with van der Waals surface area (Å²) < 4.78 is 12.9. The van der Waals surface area contributed by atoms with Crippen LogP contribution in [0.2, 0.25) is 0 Å². The molecule has 26 heavy (non-hydrogen) atoms. The fraction of sp³-hybridized carbons (Fsp3) is 0.300. The summed E-state index contributed by atoms with van der Waals surface area (Å²) in [4.78, 5) is 16.6. The van der Waals surface area contributed by atoms with Gasteiger partial charge in [-0.25, -0.2) is 4.39 Å². The summed E-state index contributed by atoms with van der Waals surface area (Å²) in [6, 6.07) is 15.6. The molecule has 1 fully saturated rings. The summed E-state index contributed by atoms with van der Waals surface area (Å²) in [6.45, 7) is 4.52. The molecule has 1 saturated heterocycles. The number of halogens is 1. The Morgan fingerprint density at radius 2 is 1.77 bits per heavy atom. The molecule has 0 atom stereocenters. The Morgan fingerprint density at radius 1 is 1.08 bits per heavy atom. The minimum Gasteiger partial charge on any atom is -0.325 e. The van der Waals surface area contributed by atoms with Gasteiger partial charge in [0.25, 0.3) is 0 Å². The summed E-state index contributed by atoms with van der Waals surface area (Å²) in [7, 11) is 0. The molecule has 0 spiro atoms. The van der Waals surface area contributed by atoms with Gasteiger partial charge >= 0.3 is 0 Å². The van der Waals surface area contributed by atoms with E-state index in [9.17, 15) is 9.18 Å². The zero-order valence-corrected chi connectivity index (χ0v) is 14.5. The second-order valence-electron chi connectivity index (χ2n) is 6.42. The lowest BCUT2D eigenvalue weighted by Gasteiger charge is -2.34. The number of benzene rings is 2. The molecule has 2 aromatic carbocycles. The molecule has 0 aliphatic carbocycles. The Labute approximate surface area is 152 Å². The van der Waals surface area contributed by atoms with Gasteiger partial charge in [0, 0.05) is 38.4 Å². The number of nitriles is 1. The maximum atomic E-state index is 12.9. The minimum atomic E-state index is -0.320. The zero-order valence-electron chi connectivity index (χ0n) is 14.5. The van der Waals surface area contributed by atoms with Crippen LogP contribution in [-0.2, 0) is 11.3 Å². The van der Waals surface area contributed by atoms with Crippen LogP contribution in [-0.4, -0.2) is 48.4 Å². The van der Waals surface area contributed by atoms with E-state index in [0.29, 0.717) is 17.8 Å². The molecular formula is C20H21FN4O. The maximum Gasteiger partial charge on any atom is 0.238 e. The highest BCUT2D eigenvalue weighted by molar-refractivity contribution is 5.92. The fourth-order valence-corrected chi connectivity index (χ4v) is 3.04. The molecular weight excluding hydrogens is 331 g/mol. The summed E-state index contributed by atoms with van der Waals surface area (Å²) in [5.74, 6) is -0.411. The molecule has 134 valence electrons. The molecule has 1 heterocycles. The van der Waals surface area contributed by atoms with Crippen LogP contribution >= 0.6 is 0 Å². The largest absolute Gasteiger partial charge is 0.325 e. The third-order valence-electron chi connectivity index (χ3n) is 4.42. The van der Waals surface area contributed by atoms with Crippen molar-refractivity contribution < 1.29 is 9.18 Å². The van der Waals surface area contributed by atoms with Gasteiger partial charge in [0.15, 0.2) is 0 Å². The second kappa shape index (κ2) is 8.56. The van der Waals surface area contributed by atoms with Crippen LogP contribution in [0.3, 0.4) is 0 Å². The lowest BCUT2D eigenvalue weighted by Crippen LogP contribution is -2.48. The Bertz CT molecular complexity index is 792. The highest BCUT2D eigenvalue weighted by atomic mass is 19.1. The van der Waals surface area contributed by atoms with E-state index in [1.54, 1.807) is 18.2 Å². The molecule has 3 rings (SSSR count). The van der Waals surface area contributed by atoms with Gasteiger partial charge in [-0.1, -0.05) is 12.1 Å². The Kier molecular flexibility index (Phi) is 5.95. The number of nitrogens with zero attached hydrogens (tertiary/aromatic N) is 3. The normalized spacial score (nSPS) is 15.4. The first-order valence-electron chi connectivity index (χ1n) is 8.61.